The molecule has 4 rings (SSSR count). The van der Waals surface area contributed by atoms with E-state index in [4.69, 9.17) is 21.1 Å². The molecule has 36 heavy (non-hydrogen) atoms. The normalized spacial score (nSPS) is 14.8. The molecule has 0 aliphatic carbocycles. The average Bonchev–Trinajstić information content (AvgIpc) is 2.81. The molecule has 3 aromatic rings. The molecule has 1 N–H and O–H groups in total. The smallest absolute Gasteiger partial charge is 0.335 e. The summed E-state index contributed by atoms with van der Waals surface area (Å²) in [6.07, 6.45) is 1.41. The highest BCUT2D eigenvalue weighted by Gasteiger charge is 2.37. The highest BCUT2D eigenvalue weighted by molar-refractivity contribution is 14.1. The number of hydrogen-bond donors (Lipinski definition) is 1. The number of nitrogens with one attached hydrogen (secondary N) is 1. The maximum Gasteiger partial charge on any atom is 0.335 e. The van der Waals surface area contributed by atoms with Crippen LogP contribution in [-0.2, 0) is 16.2 Å². The van der Waals surface area contributed by atoms with E-state index in [0.717, 1.165) is 25.2 Å². The molecule has 0 atom stereocenters. The van der Waals surface area contributed by atoms with Gasteiger partial charge in [0.15, 0.2) is 11.5 Å². The van der Waals surface area contributed by atoms with Crippen LogP contribution in [0.5, 0.6) is 11.5 Å². The second kappa shape index (κ2) is 10.7. The zero-order chi connectivity index (χ0) is 26.0. The third-order valence-electron chi connectivity index (χ3n) is 5.42. The minimum atomic E-state index is -0.863. The van der Waals surface area contributed by atoms with Crippen molar-refractivity contribution in [1.82, 2.24) is 5.32 Å². The molecule has 1 saturated heterocycles. The SMILES string of the molecule is COc1cc(/C=C2\C(=O)NC(=O)N(c3ccccc3Cl)C2=O)cc(I)c1OCc1cc(C)cc(C)c1. The third-order valence-corrected chi connectivity index (χ3v) is 6.54. The zero-order valence-electron chi connectivity index (χ0n) is 19.7. The number of anilines is 1. The topological polar surface area (TPSA) is 84.9 Å². The van der Waals surface area contributed by atoms with Crippen LogP contribution in [0.4, 0.5) is 10.5 Å². The zero-order valence-corrected chi connectivity index (χ0v) is 22.6. The van der Waals surface area contributed by atoms with Gasteiger partial charge in [0.05, 0.1) is 21.4 Å². The molecule has 9 heteroatoms. The lowest BCUT2D eigenvalue weighted by molar-refractivity contribution is -0.122. The standard InChI is InChI=1S/C27H22ClIN2O5/c1-15-8-16(2)10-18(9-15)14-36-24-21(29)12-17(13-23(24)35-3)11-19-25(32)30-27(34)31(26(19)33)22-7-5-4-6-20(22)28/h4-13H,14H2,1-3H3,(H,30,32,34)/b19-11+. The van der Waals surface area contributed by atoms with E-state index in [-0.39, 0.29) is 16.3 Å². The number of urea groups is 1. The van der Waals surface area contributed by atoms with Crippen LogP contribution in [-0.4, -0.2) is 25.0 Å². The van der Waals surface area contributed by atoms with Gasteiger partial charge in [-0.25, -0.2) is 9.69 Å². The van der Waals surface area contributed by atoms with Gasteiger partial charge in [0.25, 0.3) is 11.8 Å². The lowest BCUT2D eigenvalue weighted by Gasteiger charge is -2.27. The maximum atomic E-state index is 13.2. The minimum Gasteiger partial charge on any atom is -0.493 e. The van der Waals surface area contributed by atoms with Crippen LogP contribution in [0.1, 0.15) is 22.3 Å². The number of amides is 4. The molecule has 1 heterocycles. The van der Waals surface area contributed by atoms with E-state index in [0.29, 0.717) is 23.7 Å². The summed E-state index contributed by atoms with van der Waals surface area (Å²) in [5.74, 6) is -0.578. The molecule has 184 valence electrons. The third kappa shape index (κ3) is 5.39. The second-order valence-electron chi connectivity index (χ2n) is 8.23. The number of barbiturate groups is 1. The fourth-order valence-corrected chi connectivity index (χ4v) is 4.95. The van der Waals surface area contributed by atoms with E-state index in [1.54, 1.807) is 30.3 Å². The van der Waals surface area contributed by atoms with Gasteiger partial charge in [-0.3, -0.25) is 14.9 Å². The van der Waals surface area contributed by atoms with Crippen LogP contribution in [0.15, 0.2) is 60.2 Å². The Morgan fingerprint density at radius 2 is 1.72 bits per heavy atom. The van der Waals surface area contributed by atoms with E-state index in [2.05, 4.69) is 46.1 Å². The van der Waals surface area contributed by atoms with Crippen molar-refractivity contribution < 1.29 is 23.9 Å². The number of hydrogen-bond acceptors (Lipinski definition) is 5. The Morgan fingerprint density at radius 3 is 2.39 bits per heavy atom. The summed E-state index contributed by atoms with van der Waals surface area (Å²) >= 11 is 8.31. The molecule has 4 amide bonds. The molecule has 0 saturated carbocycles. The molecule has 0 bridgehead atoms. The van der Waals surface area contributed by atoms with Crippen molar-refractivity contribution in [1.29, 1.82) is 0 Å². The molecule has 3 aromatic carbocycles. The van der Waals surface area contributed by atoms with Crippen molar-refractivity contribution in [3.05, 3.63) is 91.0 Å². The highest BCUT2D eigenvalue weighted by Crippen LogP contribution is 2.36. The summed E-state index contributed by atoms with van der Waals surface area (Å²) < 4.78 is 12.3. The lowest BCUT2D eigenvalue weighted by atomic mass is 10.1. The molecule has 7 nitrogen and oxygen atoms in total. The van der Waals surface area contributed by atoms with Gasteiger partial charge in [0.1, 0.15) is 12.2 Å². The average molecular weight is 617 g/mol. The highest BCUT2D eigenvalue weighted by atomic mass is 127. The van der Waals surface area contributed by atoms with Crippen molar-refractivity contribution >= 4 is 63.8 Å². The monoisotopic (exact) mass is 616 g/mol. The first-order valence-electron chi connectivity index (χ1n) is 10.9. The number of benzene rings is 3. The Morgan fingerprint density at radius 1 is 1.03 bits per heavy atom. The van der Waals surface area contributed by atoms with E-state index >= 15 is 0 Å². The molecule has 1 aliphatic heterocycles. The van der Waals surface area contributed by atoms with E-state index in [1.165, 1.54) is 19.3 Å². The quantitative estimate of drug-likeness (QED) is 0.215. The van der Waals surface area contributed by atoms with E-state index in [1.807, 2.05) is 13.8 Å². The van der Waals surface area contributed by atoms with Crippen LogP contribution < -0.4 is 19.7 Å². The largest absolute Gasteiger partial charge is 0.493 e. The first-order valence-corrected chi connectivity index (χ1v) is 12.4. The van der Waals surface area contributed by atoms with Crippen LogP contribution in [0.2, 0.25) is 5.02 Å². The van der Waals surface area contributed by atoms with Crippen LogP contribution in [0, 0.1) is 17.4 Å². The van der Waals surface area contributed by atoms with Crippen LogP contribution in [0.3, 0.4) is 0 Å². The molecular formula is C27H22ClIN2O5. The summed E-state index contributed by atoms with van der Waals surface area (Å²) in [4.78, 5) is 39.0. The summed E-state index contributed by atoms with van der Waals surface area (Å²) in [7, 11) is 1.52. The van der Waals surface area contributed by atoms with E-state index in [9.17, 15) is 14.4 Å². The number of rotatable bonds is 6. The number of ether oxygens (including phenoxy) is 2. The number of carbonyl (C=O) groups is 3. The molecule has 0 spiro atoms. The molecule has 0 aromatic heterocycles. The molecule has 1 fully saturated rings. The number of imide groups is 2. The molecule has 1 aliphatic rings. The Kier molecular flexibility index (Phi) is 7.65. The second-order valence-corrected chi connectivity index (χ2v) is 9.80. The Balaban J connectivity index is 1.65. The number of para-hydroxylation sites is 1. The van der Waals surface area contributed by atoms with Crippen molar-refractivity contribution in [3.8, 4) is 11.5 Å². The van der Waals surface area contributed by atoms with Gasteiger partial charge in [0.2, 0.25) is 0 Å². The van der Waals surface area contributed by atoms with Gasteiger partial charge in [-0.1, -0.05) is 53.1 Å². The van der Waals surface area contributed by atoms with Gasteiger partial charge >= 0.3 is 6.03 Å². The number of methoxy groups -OCH3 is 1. The van der Waals surface area contributed by atoms with E-state index < -0.39 is 17.8 Å². The first-order chi connectivity index (χ1) is 17.2. The van der Waals surface area contributed by atoms with Crippen LogP contribution >= 0.6 is 34.2 Å². The fraction of sp³-hybridized carbons (Fsp3) is 0.148. The summed E-state index contributed by atoms with van der Waals surface area (Å²) in [6.45, 7) is 4.42. The summed E-state index contributed by atoms with van der Waals surface area (Å²) in [5.41, 5.74) is 3.83. The van der Waals surface area contributed by atoms with Crippen molar-refractivity contribution in [2.45, 2.75) is 20.5 Å². The number of carbonyl (C=O) groups excluding carboxylic acids is 3. The maximum absolute atomic E-state index is 13.2. The lowest BCUT2D eigenvalue weighted by Crippen LogP contribution is -2.54. The Labute approximate surface area is 227 Å². The molecule has 0 radical (unpaired) electrons. The molecule has 0 unspecified atom stereocenters. The van der Waals surface area contributed by atoms with Crippen LogP contribution in [0.25, 0.3) is 6.08 Å². The predicted octanol–water partition coefficient (Wildman–Crippen LogP) is 5.82. The number of halogens is 2. The summed E-state index contributed by atoms with van der Waals surface area (Å²) in [5, 5.41) is 2.41. The molecular weight excluding hydrogens is 595 g/mol. The van der Waals surface area contributed by atoms with Gasteiger partial charge in [0, 0.05) is 0 Å². The van der Waals surface area contributed by atoms with Gasteiger partial charge in [-0.15, -0.1) is 0 Å². The summed E-state index contributed by atoms with van der Waals surface area (Å²) in [6, 6.07) is 15.2. The van der Waals surface area contributed by atoms with Crippen molar-refractivity contribution in [3.63, 3.8) is 0 Å². The minimum absolute atomic E-state index is 0.183. The van der Waals surface area contributed by atoms with Gasteiger partial charge < -0.3 is 9.47 Å². The van der Waals surface area contributed by atoms with Gasteiger partial charge in [-0.05, 0) is 77.9 Å². The first kappa shape index (κ1) is 25.7. The number of aryl methyl sites for hydroxylation is 2. The van der Waals surface area contributed by atoms with Crippen molar-refractivity contribution in [2.75, 3.05) is 12.0 Å². The predicted molar refractivity (Wildman–Crippen MR) is 146 cm³/mol. The van der Waals surface area contributed by atoms with Gasteiger partial charge in [-0.2, -0.15) is 0 Å². The fourth-order valence-electron chi connectivity index (χ4n) is 3.95. The Bertz CT molecular complexity index is 1400. The van der Waals surface area contributed by atoms with Crippen molar-refractivity contribution in [2.24, 2.45) is 0 Å². The Hall–Kier alpha value is -3.37. The number of nitrogens with zero attached hydrogens (tertiary/aromatic N) is 1.